The van der Waals surface area contributed by atoms with Gasteiger partial charge in [-0.05, 0) is 24.3 Å². The van der Waals surface area contributed by atoms with Gasteiger partial charge in [0.25, 0.3) is 5.91 Å². The Bertz CT molecular complexity index is 842. The van der Waals surface area contributed by atoms with Gasteiger partial charge >= 0.3 is 0 Å². The van der Waals surface area contributed by atoms with Crippen LogP contribution in [0.4, 0.5) is 5.69 Å². The molecule has 0 fully saturated rings. The number of H-pyrrole nitrogens is 1. The van der Waals surface area contributed by atoms with Gasteiger partial charge in [-0.25, -0.2) is 0 Å². The SMILES string of the molecule is O=C(Nc1cccc(Cl)c1Cl)c1c[nH]c2cc(Cl)ccc12. The fourth-order valence-electron chi connectivity index (χ4n) is 2.08. The molecule has 0 radical (unpaired) electrons. The fourth-order valence-corrected chi connectivity index (χ4v) is 2.60. The minimum atomic E-state index is -0.271. The molecule has 106 valence electrons. The largest absolute Gasteiger partial charge is 0.360 e. The van der Waals surface area contributed by atoms with Gasteiger partial charge in [0.05, 0.1) is 21.3 Å². The molecule has 6 heteroatoms. The second kappa shape index (κ2) is 5.60. The summed E-state index contributed by atoms with van der Waals surface area (Å²) in [5, 5.41) is 4.85. The van der Waals surface area contributed by atoms with Gasteiger partial charge in [0, 0.05) is 22.1 Å². The van der Waals surface area contributed by atoms with Crippen molar-refractivity contribution >= 4 is 57.3 Å². The van der Waals surface area contributed by atoms with Gasteiger partial charge in [-0.1, -0.05) is 46.9 Å². The highest BCUT2D eigenvalue weighted by Gasteiger charge is 2.14. The molecule has 0 saturated carbocycles. The van der Waals surface area contributed by atoms with E-state index in [0.717, 1.165) is 10.9 Å². The fraction of sp³-hybridized carbons (Fsp3) is 0. The first kappa shape index (κ1) is 14.3. The lowest BCUT2D eigenvalue weighted by Crippen LogP contribution is -2.11. The van der Waals surface area contributed by atoms with E-state index in [9.17, 15) is 4.79 Å². The number of hydrogen-bond donors (Lipinski definition) is 2. The normalized spacial score (nSPS) is 10.8. The van der Waals surface area contributed by atoms with E-state index in [4.69, 9.17) is 34.8 Å². The van der Waals surface area contributed by atoms with Crippen LogP contribution in [-0.2, 0) is 0 Å². The zero-order chi connectivity index (χ0) is 15.0. The summed E-state index contributed by atoms with van der Waals surface area (Å²) in [4.78, 5) is 15.4. The van der Waals surface area contributed by atoms with Crippen LogP contribution in [0.2, 0.25) is 15.1 Å². The van der Waals surface area contributed by atoms with Gasteiger partial charge in [-0.2, -0.15) is 0 Å². The molecule has 0 spiro atoms. The number of carbonyl (C=O) groups excluding carboxylic acids is 1. The first-order chi connectivity index (χ1) is 10.1. The quantitative estimate of drug-likeness (QED) is 0.647. The second-order valence-corrected chi connectivity index (χ2v) is 5.67. The molecule has 0 unspecified atom stereocenters. The highest BCUT2D eigenvalue weighted by molar-refractivity contribution is 6.44. The molecule has 0 bridgehead atoms. The number of carbonyl (C=O) groups is 1. The third kappa shape index (κ3) is 2.72. The van der Waals surface area contributed by atoms with Crippen molar-refractivity contribution in [3.63, 3.8) is 0 Å². The number of amides is 1. The van der Waals surface area contributed by atoms with Gasteiger partial charge in [-0.3, -0.25) is 4.79 Å². The van der Waals surface area contributed by atoms with E-state index in [0.29, 0.717) is 26.3 Å². The van der Waals surface area contributed by atoms with Crippen molar-refractivity contribution in [3.8, 4) is 0 Å². The molecule has 0 saturated heterocycles. The summed E-state index contributed by atoms with van der Waals surface area (Å²) in [6, 6.07) is 10.4. The number of aromatic amines is 1. The van der Waals surface area contributed by atoms with Crippen molar-refractivity contribution in [2.45, 2.75) is 0 Å². The van der Waals surface area contributed by atoms with Crippen LogP contribution in [-0.4, -0.2) is 10.9 Å². The van der Waals surface area contributed by atoms with Crippen molar-refractivity contribution in [1.82, 2.24) is 4.98 Å². The van der Waals surface area contributed by atoms with E-state index in [-0.39, 0.29) is 5.91 Å². The monoisotopic (exact) mass is 338 g/mol. The number of fused-ring (bicyclic) bond motifs is 1. The van der Waals surface area contributed by atoms with Gasteiger partial charge in [0.1, 0.15) is 0 Å². The van der Waals surface area contributed by atoms with Crippen LogP contribution in [0.5, 0.6) is 0 Å². The molecule has 1 amide bonds. The van der Waals surface area contributed by atoms with Gasteiger partial charge in [-0.15, -0.1) is 0 Å². The first-order valence-electron chi connectivity index (χ1n) is 6.08. The summed E-state index contributed by atoms with van der Waals surface area (Å²) in [5.41, 5.74) is 1.78. The van der Waals surface area contributed by atoms with Crippen LogP contribution in [0.1, 0.15) is 10.4 Å². The Hall–Kier alpha value is -1.68. The molecule has 3 nitrogen and oxygen atoms in total. The van der Waals surface area contributed by atoms with Crippen molar-refractivity contribution in [1.29, 1.82) is 0 Å². The molecule has 0 atom stereocenters. The first-order valence-corrected chi connectivity index (χ1v) is 7.21. The summed E-state index contributed by atoms with van der Waals surface area (Å²) in [7, 11) is 0. The van der Waals surface area contributed by atoms with Gasteiger partial charge in [0.15, 0.2) is 0 Å². The molecule has 3 aromatic rings. The summed E-state index contributed by atoms with van der Waals surface area (Å²) >= 11 is 17.9. The zero-order valence-electron chi connectivity index (χ0n) is 10.6. The number of benzene rings is 2. The Morgan fingerprint density at radius 1 is 1.10 bits per heavy atom. The lowest BCUT2D eigenvalue weighted by Gasteiger charge is -2.07. The average Bonchev–Trinajstić information content (AvgIpc) is 2.86. The Kier molecular flexibility index (Phi) is 3.81. The molecular weight excluding hydrogens is 331 g/mol. The van der Waals surface area contributed by atoms with Crippen molar-refractivity contribution in [2.24, 2.45) is 0 Å². The number of anilines is 1. The third-order valence-corrected chi connectivity index (χ3v) is 4.14. The number of aromatic nitrogens is 1. The third-order valence-electron chi connectivity index (χ3n) is 3.09. The smallest absolute Gasteiger partial charge is 0.257 e. The maximum atomic E-state index is 12.4. The molecule has 2 N–H and O–H groups in total. The zero-order valence-corrected chi connectivity index (χ0v) is 12.9. The van der Waals surface area contributed by atoms with Crippen molar-refractivity contribution < 1.29 is 4.79 Å². The Morgan fingerprint density at radius 3 is 2.71 bits per heavy atom. The molecule has 0 aliphatic carbocycles. The minimum Gasteiger partial charge on any atom is -0.360 e. The van der Waals surface area contributed by atoms with Crippen LogP contribution in [0.25, 0.3) is 10.9 Å². The van der Waals surface area contributed by atoms with Crippen LogP contribution >= 0.6 is 34.8 Å². The molecule has 0 aliphatic heterocycles. The second-order valence-electron chi connectivity index (χ2n) is 4.45. The van der Waals surface area contributed by atoms with E-state index in [1.165, 1.54) is 0 Å². The van der Waals surface area contributed by atoms with E-state index < -0.39 is 0 Å². The lowest BCUT2D eigenvalue weighted by molar-refractivity contribution is 0.102. The number of halogens is 3. The molecular formula is C15H9Cl3N2O. The molecule has 21 heavy (non-hydrogen) atoms. The molecule has 2 aromatic carbocycles. The maximum Gasteiger partial charge on any atom is 0.257 e. The number of rotatable bonds is 2. The molecule has 1 aromatic heterocycles. The highest BCUT2D eigenvalue weighted by atomic mass is 35.5. The van der Waals surface area contributed by atoms with E-state index >= 15 is 0 Å². The van der Waals surface area contributed by atoms with Crippen LogP contribution in [0, 0.1) is 0 Å². The van der Waals surface area contributed by atoms with Crippen LogP contribution < -0.4 is 5.32 Å². The highest BCUT2D eigenvalue weighted by Crippen LogP contribution is 2.30. The molecule has 1 heterocycles. The summed E-state index contributed by atoms with van der Waals surface area (Å²) < 4.78 is 0. The van der Waals surface area contributed by atoms with Gasteiger partial charge < -0.3 is 10.3 Å². The Labute approximate surface area is 135 Å². The predicted octanol–water partition coefficient (Wildman–Crippen LogP) is 5.38. The van der Waals surface area contributed by atoms with Gasteiger partial charge in [0.2, 0.25) is 0 Å². The minimum absolute atomic E-state index is 0.271. The van der Waals surface area contributed by atoms with Crippen LogP contribution in [0.15, 0.2) is 42.6 Å². The predicted molar refractivity (Wildman–Crippen MR) is 87.7 cm³/mol. The van der Waals surface area contributed by atoms with Crippen LogP contribution in [0.3, 0.4) is 0 Å². The summed E-state index contributed by atoms with van der Waals surface area (Å²) in [5.74, 6) is -0.271. The average molecular weight is 340 g/mol. The van der Waals surface area contributed by atoms with E-state index in [1.807, 2.05) is 0 Å². The summed E-state index contributed by atoms with van der Waals surface area (Å²) in [6.45, 7) is 0. The standard InChI is InChI=1S/C15H9Cl3N2O/c16-8-4-5-9-10(7-19-13(9)6-8)15(21)20-12-3-1-2-11(17)14(12)18/h1-7,19H,(H,20,21). The van der Waals surface area contributed by atoms with E-state index in [1.54, 1.807) is 42.6 Å². The number of hydrogen-bond acceptors (Lipinski definition) is 1. The Morgan fingerprint density at radius 2 is 1.90 bits per heavy atom. The topological polar surface area (TPSA) is 44.9 Å². The lowest BCUT2D eigenvalue weighted by atomic mass is 10.1. The summed E-state index contributed by atoms with van der Waals surface area (Å²) in [6.07, 6.45) is 1.63. The Balaban J connectivity index is 1.96. The van der Waals surface area contributed by atoms with E-state index in [2.05, 4.69) is 10.3 Å². The maximum absolute atomic E-state index is 12.4. The molecule has 0 aliphatic rings. The number of nitrogens with one attached hydrogen (secondary N) is 2. The van der Waals surface area contributed by atoms with Crippen molar-refractivity contribution in [2.75, 3.05) is 5.32 Å². The van der Waals surface area contributed by atoms with Crippen molar-refractivity contribution in [3.05, 3.63) is 63.2 Å². The molecule has 3 rings (SSSR count).